The first-order chi connectivity index (χ1) is 6.04. The molecule has 0 rings (SSSR count). The second-order valence-electron chi connectivity index (χ2n) is 2.13. The van der Waals surface area contributed by atoms with Crippen molar-refractivity contribution >= 4 is 33.9 Å². The van der Waals surface area contributed by atoms with E-state index in [-0.39, 0.29) is 5.24 Å². The van der Waals surface area contributed by atoms with Crippen molar-refractivity contribution in [3.8, 4) is 0 Å². The van der Waals surface area contributed by atoms with Crippen LogP contribution in [0.3, 0.4) is 0 Å². The van der Waals surface area contributed by atoms with Gasteiger partial charge in [-0.15, -0.1) is 0 Å². The summed E-state index contributed by atoms with van der Waals surface area (Å²) in [6, 6.07) is 0. The molecular formula is C8H14Cl2O3. The molecule has 0 aliphatic heterocycles. The number of carbonyl (C=O) groups excluding carboxylic acids is 2. The monoisotopic (exact) mass is 228 g/mol. The molecule has 0 bridgehead atoms. The van der Waals surface area contributed by atoms with Crippen LogP contribution in [-0.2, 0) is 9.53 Å². The van der Waals surface area contributed by atoms with E-state index >= 15 is 0 Å². The Morgan fingerprint density at radius 1 is 1.23 bits per heavy atom. The third-order valence-corrected chi connectivity index (χ3v) is 1.28. The summed E-state index contributed by atoms with van der Waals surface area (Å²) < 4.78 is 4.17. The van der Waals surface area contributed by atoms with E-state index in [0.717, 1.165) is 12.8 Å². The van der Waals surface area contributed by atoms with Crippen LogP contribution in [0.5, 0.6) is 0 Å². The number of ether oxygens (including phenoxy) is 1. The fourth-order valence-electron chi connectivity index (χ4n) is 0.429. The van der Waals surface area contributed by atoms with Gasteiger partial charge in [0.05, 0.1) is 6.61 Å². The van der Waals surface area contributed by atoms with Crippen LogP contribution in [0.15, 0.2) is 0 Å². The van der Waals surface area contributed by atoms with Crippen LogP contribution in [0, 0.1) is 0 Å². The summed E-state index contributed by atoms with van der Waals surface area (Å²) in [6.45, 7) is 4.07. The highest BCUT2D eigenvalue weighted by atomic mass is 35.5. The molecule has 5 heteroatoms. The summed E-state index contributed by atoms with van der Waals surface area (Å²) in [7, 11) is 0. The zero-order chi connectivity index (χ0) is 10.7. The largest absolute Gasteiger partial charge is 0.454 e. The molecule has 0 atom stereocenters. The number of hydrogen-bond acceptors (Lipinski definition) is 3. The minimum atomic E-state index is -0.738. The number of unbranched alkanes of at least 4 members (excludes halogenated alkanes) is 1. The Labute approximate surface area is 88.3 Å². The van der Waals surface area contributed by atoms with Crippen LogP contribution >= 0.6 is 23.2 Å². The van der Waals surface area contributed by atoms with E-state index in [1.165, 1.54) is 0 Å². The molecule has 0 saturated carbocycles. The van der Waals surface area contributed by atoms with E-state index in [4.69, 9.17) is 23.2 Å². The Kier molecular flexibility index (Phi) is 13.7. The first-order valence-corrected chi connectivity index (χ1v) is 4.80. The van der Waals surface area contributed by atoms with Crippen molar-refractivity contribution in [3.05, 3.63) is 0 Å². The lowest BCUT2D eigenvalue weighted by Crippen LogP contribution is -1.89. The van der Waals surface area contributed by atoms with Gasteiger partial charge in [0.25, 0.3) is 0 Å². The SMILES string of the molecule is CCCCC(=O)Cl.CCOC(=O)Cl. The minimum absolute atomic E-state index is 0.221. The Bertz CT molecular complexity index is 148. The molecule has 0 aliphatic rings. The molecule has 0 unspecified atom stereocenters. The molecule has 78 valence electrons. The van der Waals surface area contributed by atoms with Crippen molar-refractivity contribution in [2.24, 2.45) is 0 Å². The van der Waals surface area contributed by atoms with Gasteiger partial charge in [0, 0.05) is 18.0 Å². The summed E-state index contributed by atoms with van der Waals surface area (Å²) in [5.74, 6) is 0. The Morgan fingerprint density at radius 3 is 1.85 bits per heavy atom. The lowest BCUT2D eigenvalue weighted by atomic mass is 10.3. The van der Waals surface area contributed by atoms with Crippen molar-refractivity contribution in [2.75, 3.05) is 6.61 Å². The van der Waals surface area contributed by atoms with Crippen molar-refractivity contribution in [1.29, 1.82) is 0 Å². The van der Waals surface area contributed by atoms with Crippen LogP contribution < -0.4 is 0 Å². The summed E-state index contributed by atoms with van der Waals surface area (Å²) >= 11 is 9.73. The quantitative estimate of drug-likeness (QED) is 0.694. The molecule has 0 heterocycles. The summed E-state index contributed by atoms with van der Waals surface area (Å²) in [6.07, 6.45) is 2.48. The van der Waals surface area contributed by atoms with Crippen molar-refractivity contribution in [3.63, 3.8) is 0 Å². The lowest BCUT2D eigenvalue weighted by Gasteiger charge is -1.86. The third kappa shape index (κ3) is 24.5. The normalized spacial score (nSPS) is 8.31. The zero-order valence-electron chi connectivity index (χ0n) is 7.81. The van der Waals surface area contributed by atoms with Crippen LogP contribution in [0.2, 0.25) is 0 Å². The van der Waals surface area contributed by atoms with Crippen LogP contribution in [-0.4, -0.2) is 17.3 Å². The zero-order valence-corrected chi connectivity index (χ0v) is 9.32. The average Bonchev–Trinajstić information content (AvgIpc) is 2.01. The molecule has 0 aromatic carbocycles. The number of carbonyl (C=O) groups is 2. The fraction of sp³-hybridized carbons (Fsp3) is 0.750. The van der Waals surface area contributed by atoms with Gasteiger partial charge in [-0.25, -0.2) is 4.79 Å². The molecule has 3 nitrogen and oxygen atoms in total. The number of rotatable bonds is 4. The van der Waals surface area contributed by atoms with Gasteiger partial charge in [0.2, 0.25) is 5.24 Å². The molecule has 0 amide bonds. The first kappa shape index (κ1) is 15.2. The third-order valence-electron chi connectivity index (χ3n) is 0.985. The van der Waals surface area contributed by atoms with Crippen LogP contribution in [0.1, 0.15) is 33.1 Å². The highest BCUT2D eigenvalue weighted by molar-refractivity contribution is 6.63. The molecule has 0 aliphatic carbocycles. The van der Waals surface area contributed by atoms with Gasteiger partial charge in [0.15, 0.2) is 0 Å². The summed E-state index contributed by atoms with van der Waals surface area (Å²) in [5, 5.41) is -0.221. The fourth-order valence-corrected chi connectivity index (χ4v) is 0.672. The predicted molar refractivity (Wildman–Crippen MR) is 53.3 cm³/mol. The maximum atomic E-state index is 9.97. The molecule has 0 saturated heterocycles. The molecule has 0 aromatic heterocycles. The van der Waals surface area contributed by atoms with E-state index in [1.807, 2.05) is 6.92 Å². The highest BCUT2D eigenvalue weighted by Crippen LogP contribution is 1.96. The Morgan fingerprint density at radius 2 is 1.77 bits per heavy atom. The summed E-state index contributed by atoms with van der Waals surface area (Å²) in [4.78, 5) is 19.6. The van der Waals surface area contributed by atoms with Crippen molar-refractivity contribution < 1.29 is 14.3 Å². The molecule has 0 fully saturated rings. The lowest BCUT2D eigenvalue weighted by molar-refractivity contribution is -0.111. The Hall–Kier alpha value is -0.280. The molecule has 13 heavy (non-hydrogen) atoms. The van der Waals surface area contributed by atoms with E-state index in [0.29, 0.717) is 13.0 Å². The van der Waals surface area contributed by atoms with Crippen LogP contribution in [0.4, 0.5) is 4.79 Å². The first-order valence-electron chi connectivity index (χ1n) is 4.05. The van der Waals surface area contributed by atoms with Gasteiger partial charge in [-0.1, -0.05) is 13.3 Å². The smallest absolute Gasteiger partial charge is 0.403 e. The van der Waals surface area contributed by atoms with Gasteiger partial charge >= 0.3 is 5.43 Å². The highest BCUT2D eigenvalue weighted by Gasteiger charge is 1.90. The second kappa shape index (κ2) is 11.7. The van der Waals surface area contributed by atoms with E-state index in [9.17, 15) is 9.59 Å². The maximum absolute atomic E-state index is 9.97. The number of hydrogen-bond donors (Lipinski definition) is 0. The Balaban J connectivity index is 0. The molecular weight excluding hydrogens is 215 g/mol. The van der Waals surface area contributed by atoms with Gasteiger partial charge in [-0.3, -0.25) is 4.79 Å². The van der Waals surface area contributed by atoms with E-state index in [2.05, 4.69) is 4.74 Å². The molecule has 0 spiro atoms. The van der Waals surface area contributed by atoms with Gasteiger partial charge in [-0.2, -0.15) is 0 Å². The van der Waals surface area contributed by atoms with Gasteiger partial charge in [-0.05, 0) is 24.9 Å². The van der Waals surface area contributed by atoms with Crippen LogP contribution in [0.25, 0.3) is 0 Å². The molecule has 0 aromatic rings. The molecule has 0 radical (unpaired) electrons. The second-order valence-corrected chi connectivity index (χ2v) is 2.86. The standard InChI is InChI=1S/C5H9ClO.C3H5ClO2/c1-2-3-4-5(6)7;1-2-6-3(4)5/h2-4H2,1H3;2H2,1H3. The predicted octanol–water partition coefficient (Wildman–Crippen LogP) is 3.32. The van der Waals surface area contributed by atoms with E-state index < -0.39 is 5.43 Å². The topological polar surface area (TPSA) is 43.4 Å². The van der Waals surface area contributed by atoms with Gasteiger partial charge < -0.3 is 4.74 Å². The number of halogens is 2. The maximum Gasteiger partial charge on any atom is 0.403 e. The average molecular weight is 229 g/mol. The van der Waals surface area contributed by atoms with Crippen molar-refractivity contribution in [1.82, 2.24) is 0 Å². The van der Waals surface area contributed by atoms with Crippen molar-refractivity contribution in [2.45, 2.75) is 33.1 Å². The minimum Gasteiger partial charge on any atom is -0.454 e. The molecule has 0 N–H and O–H groups in total. The van der Waals surface area contributed by atoms with Gasteiger partial charge in [0.1, 0.15) is 0 Å². The van der Waals surface area contributed by atoms with E-state index in [1.54, 1.807) is 6.92 Å². The summed E-state index contributed by atoms with van der Waals surface area (Å²) in [5.41, 5.74) is -0.738.